The highest BCUT2D eigenvalue weighted by atomic mass is 16.7. The fourth-order valence-corrected chi connectivity index (χ4v) is 3.25. The number of carbonyl (C=O) groups excluding carboxylic acids is 1. The number of amides is 1. The van der Waals surface area contributed by atoms with Gasteiger partial charge in [0.25, 0.3) is 0 Å². The van der Waals surface area contributed by atoms with Crippen molar-refractivity contribution in [3.63, 3.8) is 0 Å². The predicted octanol–water partition coefficient (Wildman–Crippen LogP) is 5.30. The van der Waals surface area contributed by atoms with Crippen LogP contribution in [0.3, 0.4) is 0 Å². The van der Waals surface area contributed by atoms with Gasteiger partial charge in [-0.15, -0.1) is 0 Å². The Kier molecular flexibility index (Phi) is 6.00. The summed E-state index contributed by atoms with van der Waals surface area (Å²) < 4.78 is 17.1. The number of aryl methyl sites for hydroxylation is 1. The minimum absolute atomic E-state index is 0.438. The van der Waals surface area contributed by atoms with E-state index in [0.717, 1.165) is 23.0 Å². The summed E-state index contributed by atoms with van der Waals surface area (Å²) in [7, 11) is -0.438. The summed E-state index contributed by atoms with van der Waals surface area (Å²) in [4.78, 5) is 12.0. The molecule has 0 aliphatic carbocycles. The van der Waals surface area contributed by atoms with Gasteiger partial charge in [0.05, 0.1) is 5.76 Å². The number of hydrogen-bond acceptors (Lipinski definition) is 4. The molecule has 5 nitrogen and oxygen atoms in total. The number of nitrogens with one attached hydrogen (secondary N) is 1. The fourth-order valence-electron chi connectivity index (χ4n) is 3.25. The van der Waals surface area contributed by atoms with Crippen LogP contribution in [0.5, 0.6) is 0 Å². The normalized spacial score (nSPS) is 15.7. The first kappa shape index (κ1) is 22.0. The van der Waals surface area contributed by atoms with Gasteiger partial charge in [-0.3, -0.25) is 5.32 Å². The minimum Gasteiger partial charge on any atom is -0.534 e. The van der Waals surface area contributed by atoms with Crippen LogP contribution in [-0.2, 0) is 20.5 Å². The van der Waals surface area contributed by atoms with Crippen LogP contribution >= 0.6 is 0 Å². The Morgan fingerprint density at radius 2 is 1.83 bits per heavy atom. The summed E-state index contributed by atoms with van der Waals surface area (Å²) in [6.45, 7) is 15.5. The molecule has 1 fully saturated rings. The molecule has 1 heterocycles. The number of benzene rings is 2. The van der Waals surface area contributed by atoms with Crippen molar-refractivity contribution in [1.82, 2.24) is 0 Å². The molecule has 1 saturated heterocycles. The summed E-state index contributed by atoms with van der Waals surface area (Å²) >= 11 is 0. The number of carbonyl (C=O) groups is 1. The van der Waals surface area contributed by atoms with E-state index in [-0.39, 0.29) is 0 Å². The van der Waals surface area contributed by atoms with Gasteiger partial charge < -0.3 is 14.0 Å². The highest BCUT2D eigenvalue weighted by Crippen LogP contribution is 2.30. The highest BCUT2D eigenvalue weighted by Gasteiger charge is 2.42. The van der Waals surface area contributed by atoms with Crippen LogP contribution in [0.15, 0.2) is 54.8 Å². The van der Waals surface area contributed by atoms with Gasteiger partial charge in [0.15, 0.2) is 0 Å². The van der Waals surface area contributed by atoms with Crippen LogP contribution < -0.4 is 10.8 Å². The molecule has 1 N–H and O–H groups in total. The van der Waals surface area contributed by atoms with Gasteiger partial charge in [-0.25, -0.2) is 4.79 Å². The molecular weight excluding hydrogens is 377 g/mol. The lowest BCUT2D eigenvalue weighted by Crippen LogP contribution is -2.34. The van der Waals surface area contributed by atoms with E-state index < -0.39 is 24.4 Å². The van der Waals surface area contributed by atoms with Gasteiger partial charge in [0, 0.05) is 5.69 Å². The topological polar surface area (TPSA) is 56.8 Å². The van der Waals surface area contributed by atoms with E-state index in [9.17, 15) is 4.79 Å². The van der Waals surface area contributed by atoms with Gasteiger partial charge in [0.2, 0.25) is 0 Å². The second-order valence-corrected chi connectivity index (χ2v) is 8.98. The number of anilines is 1. The molecule has 0 saturated carbocycles. The second kappa shape index (κ2) is 8.19. The summed E-state index contributed by atoms with van der Waals surface area (Å²) in [6.07, 6.45) is 0.410. The summed E-state index contributed by atoms with van der Waals surface area (Å²) in [6, 6.07) is 14.0. The van der Waals surface area contributed by atoms with E-state index in [1.807, 2.05) is 65.0 Å². The Labute approximate surface area is 179 Å². The standard InChI is InChI=1S/C24H30BNO4/c1-8-17-15-19(25-29-16(2)24(6,7)30-25)11-14-21(17)18-9-12-20(13-10-18)26-22(27)28-23(3,4)5/h9-15H,2,8H2,1,3-7H3,(H,26,27). The van der Waals surface area contributed by atoms with Gasteiger partial charge in [0.1, 0.15) is 11.2 Å². The summed E-state index contributed by atoms with van der Waals surface area (Å²) in [5.74, 6) is 0.641. The maximum atomic E-state index is 12.0. The van der Waals surface area contributed by atoms with Crippen molar-refractivity contribution in [1.29, 1.82) is 0 Å². The maximum absolute atomic E-state index is 12.0. The van der Waals surface area contributed by atoms with Crippen LogP contribution in [0, 0.1) is 0 Å². The molecule has 2 aromatic carbocycles. The quantitative estimate of drug-likeness (QED) is 0.699. The summed E-state index contributed by atoms with van der Waals surface area (Å²) in [5.41, 5.74) is 4.06. The van der Waals surface area contributed by atoms with Gasteiger partial charge in [-0.2, -0.15) is 0 Å². The third kappa shape index (κ3) is 5.06. The molecule has 0 spiro atoms. The van der Waals surface area contributed by atoms with Crippen molar-refractivity contribution in [3.05, 3.63) is 60.4 Å². The molecule has 0 radical (unpaired) electrons. The van der Waals surface area contributed by atoms with Crippen molar-refractivity contribution in [3.8, 4) is 11.1 Å². The van der Waals surface area contributed by atoms with E-state index in [1.54, 1.807) is 0 Å². The SMILES string of the molecule is C=C1OB(c2ccc(-c3ccc(NC(=O)OC(C)(C)C)cc3)c(CC)c2)OC1(C)C. The molecule has 0 atom stereocenters. The fraction of sp³-hybridized carbons (Fsp3) is 0.375. The third-order valence-corrected chi connectivity index (χ3v) is 4.95. The van der Waals surface area contributed by atoms with Crippen molar-refractivity contribution < 1.29 is 18.8 Å². The first-order valence-electron chi connectivity index (χ1n) is 10.3. The first-order valence-corrected chi connectivity index (χ1v) is 10.3. The van der Waals surface area contributed by atoms with E-state index in [0.29, 0.717) is 11.4 Å². The molecule has 1 aliphatic heterocycles. The number of rotatable bonds is 4. The Morgan fingerprint density at radius 3 is 2.37 bits per heavy atom. The molecule has 1 aliphatic rings. The average Bonchev–Trinajstić information content (AvgIpc) is 2.93. The predicted molar refractivity (Wildman–Crippen MR) is 122 cm³/mol. The lowest BCUT2D eigenvalue weighted by Gasteiger charge is -2.19. The van der Waals surface area contributed by atoms with Crippen LogP contribution in [0.2, 0.25) is 0 Å². The van der Waals surface area contributed by atoms with Crippen molar-refractivity contribution in [2.24, 2.45) is 0 Å². The van der Waals surface area contributed by atoms with Crippen LogP contribution in [-0.4, -0.2) is 24.4 Å². The Morgan fingerprint density at radius 1 is 1.17 bits per heavy atom. The molecular formula is C24H30BNO4. The molecule has 0 aromatic heterocycles. The monoisotopic (exact) mass is 407 g/mol. The Bertz CT molecular complexity index is 945. The molecule has 0 bridgehead atoms. The van der Waals surface area contributed by atoms with Crippen molar-refractivity contribution in [2.75, 3.05) is 5.32 Å². The third-order valence-electron chi connectivity index (χ3n) is 4.95. The van der Waals surface area contributed by atoms with Crippen LogP contribution in [0.4, 0.5) is 10.5 Å². The lowest BCUT2D eigenvalue weighted by molar-refractivity contribution is 0.0636. The highest BCUT2D eigenvalue weighted by molar-refractivity contribution is 6.62. The molecule has 2 aromatic rings. The van der Waals surface area contributed by atoms with Gasteiger partial charge in [-0.1, -0.05) is 43.8 Å². The maximum Gasteiger partial charge on any atom is 0.563 e. The lowest BCUT2D eigenvalue weighted by atomic mass is 9.77. The smallest absolute Gasteiger partial charge is 0.534 e. The van der Waals surface area contributed by atoms with Crippen LogP contribution in [0.1, 0.15) is 47.1 Å². The zero-order valence-electron chi connectivity index (χ0n) is 18.7. The van der Waals surface area contributed by atoms with Gasteiger partial charge >= 0.3 is 13.2 Å². The number of ether oxygens (including phenoxy) is 1. The van der Waals surface area contributed by atoms with Crippen molar-refractivity contribution in [2.45, 2.75) is 59.2 Å². The van der Waals surface area contributed by atoms with E-state index in [1.165, 1.54) is 5.56 Å². The Hall–Kier alpha value is -2.73. The molecule has 6 heteroatoms. The molecule has 3 rings (SSSR count). The molecule has 0 unspecified atom stereocenters. The van der Waals surface area contributed by atoms with E-state index in [2.05, 4.69) is 31.0 Å². The molecule has 1 amide bonds. The second-order valence-electron chi connectivity index (χ2n) is 8.98. The summed E-state index contributed by atoms with van der Waals surface area (Å²) in [5, 5.41) is 2.76. The first-order chi connectivity index (χ1) is 14.0. The van der Waals surface area contributed by atoms with E-state index >= 15 is 0 Å². The largest absolute Gasteiger partial charge is 0.563 e. The zero-order chi connectivity index (χ0) is 22.1. The molecule has 30 heavy (non-hydrogen) atoms. The van der Waals surface area contributed by atoms with E-state index in [4.69, 9.17) is 14.0 Å². The Balaban J connectivity index is 1.77. The van der Waals surface area contributed by atoms with Gasteiger partial charge in [-0.05, 0) is 75.3 Å². The zero-order valence-corrected chi connectivity index (χ0v) is 18.7. The van der Waals surface area contributed by atoms with Crippen LogP contribution in [0.25, 0.3) is 11.1 Å². The number of hydrogen-bond donors (Lipinski definition) is 1. The van der Waals surface area contributed by atoms with Crippen molar-refractivity contribution >= 4 is 24.4 Å². The average molecular weight is 407 g/mol. The minimum atomic E-state index is -0.532. The molecule has 158 valence electrons.